The van der Waals surface area contributed by atoms with Crippen LogP contribution in [0.3, 0.4) is 0 Å². The van der Waals surface area contributed by atoms with Gasteiger partial charge in [-0.25, -0.2) is 15.0 Å². The number of aliphatic carboxylic acids is 1. The number of allylic oxidation sites excluding steroid dienone is 1. The van der Waals surface area contributed by atoms with Gasteiger partial charge in [-0.2, -0.15) is 0 Å². The van der Waals surface area contributed by atoms with E-state index in [0.29, 0.717) is 16.1 Å². The van der Waals surface area contributed by atoms with Crippen LogP contribution in [0.4, 0.5) is 5.82 Å². The molecule has 0 radical (unpaired) electrons. The normalized spacial score (nSPS) is 29.7. The maximum Gasteiger partial charge on any atom is 0.314 e. The summed E-state index contributed by atoms with van der Waals surface area (Å²) < 4.78 is 2.74. The molecule has 2 aromatic rings. The maximum absolute atomic E-state index is 12.2. The van der Waals surface area contributed by atoms with Crippen LogP contribution in [0.1, 0.15) is 39.7 Å². The minimum absolute atomic E-state index is 0.0707. The Hall–Kier alpha value is -1.71. The van der Waals surface area contributed by atoms with Gasteiger partial charge in [0.1, 0.15) is 0 Å². The molecule has 0 spiro atoms. The van der Waals surface area contributed by atoms with Crippen molar-refractivity contribution in [2.75, 3.05) is 12.4 Å². The van der Waals surface area contributed by atoms with Gasteiger partial charge in [0.05, 0.1) is 11.7 Å². The molecule has 0 bridgehead atoms. The second kappa shape index (κ2) is 5.90. The Bertz CT molecular complexity index is 948. The summed E-state index contributed by atoms with van der Waals surface area (Å²) in [5, 5.41) is 13.1. The van der Waals surface area contributed by atoms with E-state index in [1.165, 1.54) is 0 Å². The fourth-order valence-electron chi connectivity index (χ4n) is 5.09. The molecule has 2 fully saturated rings. The summed E-state index contributed by atoms with van der Waals surface area (Å²) in [4.78, 5) is 25.7. The van der Waals surface area contributed by atoms with Gasteiger partial charge in [-0.1, -0.05) is 12.5 Å². The van der Waals surface area contributed by atoms with Gasteiger partial charge in [-0.15, -0.1) is 0 Å². The zero-order chi connectivity index (χ0) is 18.8. The van der Waals surface area contributed by atoms with Crippen LogP contribution in [-0.2, 0) is 4.79 Å². The fourth-order valence-corrected chi connectivity index (χ4v) is 5.56. The Morgan fingerprint density at radius 2 is 2.19 bits per heavy atom. The number of halogens is 1. The lowest BCUT2D eigenvalue weighted by Gasteiger charge is -2.26. The lowest BCUT2D eigenvalue weighted by atomic mass is 9.84. The van der Waals surface area contributed by atoms with Gasteiger partial charge in [0.15, 0.2) is 20.8 Å². The highest BCUT2D eigenvalue weighted by Crippen LogP contribution is 2.73. The van der Waals surface area contributed by atoms with E-state index in [2.05, 4.69) is 54.4 Å². The van der Waals surface area contributed by atoms with Crippen LogP contribution in [0, 0.1) is 21.1 Å². The van der Waals surface area contributed by atoms with Gasteiger partial charge >= 0.3 is 5.97 Å². The van der Waals surface area contributed by atoms with Crippen molar-refractivity contribution in [3.05, 3.63) is 21.3 Å². The van der Waals surface area contributed by atoms with Crippen LogP contribution in [0.25, 0.3) is 11.2 Å². The molecule has 0 aliphatic heterocycles. The number of carboxylic acids is 1. The number of hydrogen-bond donors (Lipinski definition) is 2. The monoisotopic (exact) mass is 467 g/mol. The van der Waals surface area contributed by atoms with Gasteiger partial charge in [0.2, 0.25) is 0 Å². The van der Waals surface area contributed by atoms with E-state index in [1.54, 1.807) is 0 Å². The van der Waals surface area contributed by atoms with Crippen LogP contribution in [0.2, 0.25) is 0 Å². The minimum atomic E-state index is -0.702. The smallest absolute Gasteiger partial charge is 0.314 e. The van der Waals surface area contributed by atoms with E-state index in [-0.39, 0.29) is 17.9 Å². The second-order valence-corrected chi connectivity index (χ2v) is 8.39. The minimum Gasteiger partial charge on any atom is -0.481 e. The molecule has 2 saturated carbocycles. The number of nitrogens with zero attached hydrogens (tertiary/aromatic N) is 4. The molecule has 2 heterocycles. The number of hydrogen-bond acceptors (Lipinski definition) is 5. The number of fused-ring (bicyclic) bond motifs is 2. The molecule has 0 saturated heterocycles. The lowest BCUT2D eigenvalue weighted by Crippen LogP contribution is -2.21. The van der Waals surface area contributed by atoms with E-state index in [9.17, 15) is 9.90 Å². The summed E-state index contributed by atoms with van der Waals surface area (Å²) in [6, 6.07) is 0.0707. The van der Waals surface area contributed by atoms with Gasteiger partial charge in [0.25, 0.3) is 0 Å². The molecule has 2 aliphatic rings. The predicted molar refractivity (Wildman–Crippen MR) is 107 cm³/mol. The summed E-state index contributed by atoms with van der Waals surface area (Å²) in [5.41, 5.74) is 3.05. The SMILES string of the molecule is CC[C@H]1C(=C(C)C)[C@]2(C(=O)O)C[C@@H]2[C@@H]1n1cnc2c(NC)nc(I)nc21. The van der Waals surface area contributed by atoms with E-state index < -0.39 is 11.4 Å². The van der Waals surface area contributed by atoms with Gasteiger partial charge in [-0.3, -0.25) is 4.79 Å². The predicted octanol–water partition coefficient (Wildman–Crippen LogP) is 3.48. The Labute approximate surface area is 165 Å². The molecule has 2 aliphatic carbocycles. The average molecular weight is 467 g/mol. The fraction of sp³-hybridized carbons (Fsp3) is 0.556. The Balaban J connectivity index is 1.92. The highest BCUT2D eigenvalue weighted by molar-refractivity contribution is 14.1. The van der Waals surface area contributed by atoms with Gasteiger partial charge in [0, 0.05) is 47.5 Å². The molecular weight excluding hydrogens is 445 g/mol. The van der Waals surface area contributed by atoms with Crippen molar-refractivity contribution in [2.45, 2.75) is 39.7 Å². The quantitative estimate of drug-likeness (QED) is 0.407. The van der Waals surface area contributed by atoms with Crippen molar-refractivity contribution in [1.82, 2.24) is 19.5 Å². The number of aromatic nitrogens is 4. The van der Waals surface area contributed by atoms with E-state index in [0.717, 1.165) is 28.7 Å². The van der Waals surface area contributed by atoms with Crippen molar-refractivity contribution in [3.63, 3.8) is 0 Å². The molecular formula is C18H22IN5O2. The standard InChI is InChI=1S/C18H22IN5O2/c1-5-9-11(8(2)3)18(16(25)26)6-10(18)13(9)24-7-21-12-14(20-4)22-17(19)23-15(12)24/h7,9-10,13H,5-6H2,1-4H3,(H,25,26)(H,20,22,23)/t9-,10+,13+,18-/m0/s1. The van der Waals surface area contributed by atoms with Crippen molar-refractivity contribution in [2.24, 2.45) is 17.3 Å². The Kier molecular flexibility index (Phi) is 4.01. The Morgan fingerprint density at radius 1 is 1.46 bits per heavy atom. The largest absolute Gasteiger partial charge is 0.481 e. The second-order valence-electron chi connectivity index (χ2n) is 7.42. The Morgan fingerprint density at radius 3 is 2.77 bits per heavy atom. The van der Waals surface area contributed by atoms with Gasteiger partial charge < -0.3 is 15.0 Å². The highest BCUT2D eigenvalue weighted by Gasteiger charge is 2.73. The topological polar surface area (TPSA) is 92.9 Å². The third kappa shape index (κ3) is 2.17. The number of nitrogens with one attached hydrogen (secondary N) is 1. The summed E-state index contributed by atoms with van der Waals surface area (Å²) in [7, 11) is 1.82. The maximum atomic E-state index is 12.2. The number of imidazole rings is 1. The zero-order valence-corrected chi connectivity index (χ0v) is 17.4. The number of carbonyl (C=O) groups is 1. The molecule has 138 valence electrons. The molecule has 4 rings (SSSR count). The number of carboxylic acid groups (broad SMARTS) is 1. The van der Waals surface area contributed by atoms with Crippen LogP contribution in [0.15, 0.2) is 17.5 Å². The summed E-state index contributed by atoms with van der Waals surface area (Å²) in [6.07, 6.45) is 3.41. The molecule has 26 heavy (non-hydrogen) atoms. The van der Waals surface area contributed by atoms with Crippen LogP contribution >= 0.6 is 22.6 Å². The molecule has 7 nitrogen and oxygen atoms in total. The molecule has 8 heteroatoms. The molecule has 0 aromatic carbocycles. The molecule has 2 N–H and O–H groups in total. The first-order valence-corrected chi connectivity index (χ1v) is 9.93. The molecule has 4 atom stereocenters. The van der Waals surface area contributed by atoms with Crippen LogP contribution < -0.4 is 5.32 Å². The van der Waals surface area contributed by atoms with Crippen LogP contribution in [0.5, 0.6) is 0 Å². The molecule has 2 aromatic heterocycles. The summed E-state index contributed by atoms with van der Waals surface area (Å²) >= 11 is 2.11. The zero-order valence-electron chi connectivity index (χ0n) is 15.2. The van der Waals surface area contributed by atoms with Crippen molar-refractivity contribution in [3.8, 4) is 0 Å². The molecule has 0 amide bonds. The number of rotatable bonds is 4. The van der Waals surface area contributed by atoms with E-state index in [4.69, 9.17) is 0 Å². The third-order valence-corrected chi connectivity index (χ3v) is 6.49. The van der Waals surface area contributed by atoms with Crippen molar-refractivity contribution >= 4 is 45.5 Å². The third-order valence-electron chi connectivity index (χ3n) is 6.00. The lowest BCUT2D eigenvalue weighted by molar-refractivity contribution is -0.142. The van der Waals surface area contributed by atoms with Crippen molar-refractivity contribution in [1.29, 1.82) is 0 Å². The number of anilines is 1. The van der Waals surface area contributed by atoms with Gasteiger partial charge in [-0.05, 0) is 32.3 Å². The average Bonchev–Trinajstić information content (AvgIpc) is 3.06. The first-order chi connectivity index (χ1) is 12.4. The van der Waals surface area contributed by atoms with Crippen LogP contribution in [-0.4, -0.2) is 37.6 Å². The van der Waals surface area contributed by atoms with E-state index in [1.807, 2.05) is 27.2 Å². The molecule has 0 unspecified atom stereocenters. The summed E-state index contributed by atoms with van der Waals surface area (Å²) in [6.45, 7) is 6.21. The first kappa shape index (κ1) is 17.7. The summed E-state index contributed by atoms with van der Waals surface area (Å²) in [5.74, 6) is 0.298. The van der Waals surface area contributed by atoms with Crippen molar-refractivity contribution < 1.29 is 9.90 Å². The van der Waals surface area contributed by atoms with E-state index >= 15 is 0 Å². The first-order valence-electron chi connectivity index (χ1n) is 8.85. The highest BCUT2D eigenvalue weighted by atomic mass is 127.